The third kappa shape index (κ3) is 3.40. The summed E-state index contributed by atoms with van der Waals surface area (Å²) in [6.07, 6.45) is 4.48. The molecule has 1 aliphatic carbocycles. The van der Waals surface area contributed by atoms with Crippen LogP contribution in [-0.2, 0) is 19.4 Å². The van der Waals surface area contributed by atoms with E-state index in [0.717, 1.165) is 51.5 Å². The van der Waals surface area contributed by atoms with Crippen LogP contribution in [0.2, 0.25) is 5.15 Å². The molecule has 5 heteroatoms. The summed E-state index contributed by atoms with van der Waals surface area (Å²) in [6, 6.07) is 10.7. The molecule has 0 amide bonds. The van der Waals surface area contributed by atoms with E-state index in [1.807, 2.05) is 0 Å². The highest BCUT2D eigenvalue weighted by Crippen LogP contribution is 2.27. The molecule has 4 rings (SSSR count). The molecule has 126 valence electrons. The Hall–Kier alpha value is -1.65. The highest BCUT2D eigenvalue weighted by atomic mass is 35.5. The van der Waals surface area contributed by atoms with Gasteiger partial charge in [-0.05, 0) is 31.2 Å². The molecule has 0 radical (unpaired) electrons. The number of anilines is 1. The smallest absolute Gasteiger partial charge is 0.227 e. The first-order chi connectivity index (χ1) is 11.8. The molecule has 24 heavy (non-hydrogen) atoms. The Labute approximate surface area is 148 Å². The molecule has 2 aliphatic rings. The minimum atomic E-state index is 0.668. The summed E-state index contributed by atoms with van der Waals surface area (Å²) in [5, 5.41) is 0.668. The van der Waals surface area contributed by atoms with Gasteiger partial charge in [0.25, 0.3) is 0 Å². The number of piperazine rings is 1. The van der Waals surface area contributed by atoms with Gasteiger partial charge in [0.1, 0.15) is 5.15 Å². The lowest BCUT2D eigenvalue weighted by Crippen LogP contribution is -2.46. The van der Waals surface area contributed by atoms with Crippen molar-refractivity contribution in [3.05, 3.63) is 52.3 Å². The van der Waals surface area contributed by atoms with Gasteiger partial charge >= 0.3 is 0 Å². The van der Waals surface area contributed by atoms with Crippen LogP contribution in [0.25, 0.3) is 0 Å². The first kappa shape index (κ1) is 15.9. The van der Waals surface area contributed by atoms with E-state index in [-0.39, 0.29) is 0 Å². The number of fused-ring (bicyclic) bond motifs is 1. The molecule has 0 bridgehead atoms. The van der Waals surface area contributed by atoms with Gasteiger partial charge in [0, 0.05) is 38.3 Å². The van der Waals surface area contributed by atoms with E-state index in [0.29, 0.717) is 5.15 Å². The Kier molecular flexibility index (Phi) is 4.67. The molecule has 0 N–H and O–H groups in total. The van der Waals surface area contributed by atoms with Crippen molar-refractivity contribution in [2.24, 2.45) is 0 Å². The third-order valence-electron chi connectivity index (χ3n) is 5.02. The van der Waals surface area contributed by atoms with Crippen LogP contribution in [-0.4, -0.2) is 41.0 Å². The lowest BCUT2D eigenvalue weighted by atomic mass is 9.97. The van der Waals surface area contributed by atoms with Crippen molar-refractivity contribution in [2.75, 3.05) is 31.1 Å². The number of hydrogen-bond acceptors (Lipinski definition) is 4. The number of hydrogen-bond donors (Lipinski definition) is 0. The first-order valence-electron chi connectivity index (χ1n) is 8.86. The molecule has 0 atom stereocenters. The molecule has 0 unspecified atom stereocenters. The van der Waals surface area contributed by atoms with Gasteiger partial charge in [0.05, 0.1) is 5.69 Å². The molecule has 2 heterocycles. The minimum Gasteiger partial charge on any atom is -0.338 e. The molecular weight excluding hydrogens is 320 g/mol. The van der Waals surface area contributed by atoms with E-state index >= 15 is 0 Å². The number of halogens is 1. The van der Waals surface area contributed by atoms with Crippen molar-refractivity contribution in [1.82, 2.24) is 14.9 Å². The van der Waals surface area contributed by atoms with Crippen LogP contribution in [0.1, 0.15) is 29.7 Å². The van der Waals surface area contributed by atoms with Crippen LogP contribution in [0.3, 0.4) is 0 Å². The van der Waals surface area contributed by atoms with E-state index in [1.54, 1.807) is 0 Å². The second-order valence-electron chi connectivity index (χ2n) is 6.70. The zero-order chi connectivity index (χ0) is 16.4. The van der Waals surface area contributed by atoms with Gasteiger partial charge in [-0.3, -0.25) is 4.90 Å². The molecule has 0 saturated carbocycles. The number of aromatic nitrogens is 2. The number of aryl methyl sites for hydroxylation is 1. The highest BCUT2D eigenvalue weighted by Gasteiger charge is 2.22. The van der Waals surface area contributed by atoms with Crippen LogP contribution in [0.5, 0.6) is 0 Å². The van der Waals surface area contributed by atoms with E-state index in [9.17, 15) is 0 Å². The number of benzene rings is 1. The highest BCUT2D eigenvalue weighted by molar-refractivity contribution is 6.30. The summed E-state index contributed by atoms with van der Waals surface area (Å²) in [5.41, 5.74) is 3.72. The van der Waals surface area contributed by atoms with Gasteiger partial charge in [0.2, 0.25) is 5.95 Å². The Morgan fingerprint density at radius 3 is 2.46 bits per heavy atom. The fraction of sp³-hybridized carbons (Fsp3) is 0.474. The van der Waals surface area contributed by atoms with Crippen molar-refractivity contribution in [1.29, 1.82) is 0 Å². The second-order valence-corrected chi connectivity index (χ2v) is 7.05. The lowest BCUT2D eigenvalue weighted by Gasteiger charge is -2.35. The topological polar surface area (TPSA) is 32.3 Å². The Bertz CT molecular complexity index is 696. The monoisotopic (exact) mass is 342 g/mol. The van der Waals surface area contributed by atoms with Gasteiger partial charge in [-0.15, -0.1) is 0 Å². The van der Waals surface area contributed by atoms with Gasteiger partial charge < -0.3 is 4.90 Å². The normalized spacial score (nSPS) is 18.5. The van der Waals surface area contributed by atoms with Crippen LogP contribution in [0.15, 0.2) is 30.3 Å². The van der Waals surface area contributed by atoms with Crippen LogP contribution < -0.4 is 4.90 Å². The van der Waals surface area contributed by atoms with E-state index < -0.39 is 0 Å². The summed E-state index contributed by atoms with van der Waals surface area (Å²) in [4.78, 5) is 14.2. The third-order valence-corrected chi connectivity index (χ3v) is 5.34. The number of nitrogens with zero attached hydrogens (tertiary/aromatic N) is 4. The van der Waals surface area contributed by atoms with Crippen LogP contribution in [0.4, 0.5) is 5.95 Å². The molecule has 1 aromatic heterocycles. The Balaban J connectivity index is 1.42. The van der Waals surface area contributed by atoms with Crippen molar-refractivity contribution in [3.8, 4) is 0 Å². The standard InChI is InChI=1S/C19H23ClN4/c20-18-16-8-4-5-9-17(16)21-19(22-18)24-12-10-23(11-13-24)14-15-6-2-1-3-7-15/h1-3,6-7H,4-5,8-14H2. The Morgan fingerprint density at radius 1 is 0.917 bits per heavy atom. The molecule has 2 aromatic rings. The minimum absolute atomic E-state index is 0.668. The zero-order valence-corrected chi connectivity index (χ0v) is 14.7. The second kappa shape index (κ2) is 7.08. The quantitative estimate of drug-likeness (QED) is 0.801. The predicted molar refractivity (Wildman–Crippen MR) is 97.6 cm³/mol. The predicted octanol–water partition coefficient (Wildman–Crippen LogP) is 3.33. The largest absolute Gasteiger partial charge is 0.338 e. The molecule has 1 aromatic carbocycles. The average Bonchev–Trinajstić information content (AvgIpc) is 2.63. The average molecular weight is 343 g/mol. The first-order valence-corrected chi connectivity index (χ1v) is 9.24. The van der Waals surface area contributed by atoms with E-state index in [4.69, 9.17) is 16.6 Å². The SMILES string of the molecule is Clc1nc(N2CCN(Cc3ccccc3)CC2)nc2c1CCCC2. The van der Waals surface area contributed by atoms with Crippen LogP contribution in [0, 0.1) is 0 Å². The summed E-state index contributed by atoms with van der Waals surface area (Å²) in [5.74, 6) is 0.819. The van der Waals surface area contributed by atoms with Crippen molar-refractivity contribution < 1.29 is 0 Å². The van der Waals surface area contributed by atoms with Crippen molar-refractivity contribution >= 4 is 17.5 Å². The van der Waals surface area contributed by atoms with Gasteiger partial charge in [-0.25, -0.2) is 9.97 Å². The molecule has 1 saturated heterocycles. The van der Waals surface area contributed by atoms with Crippen LogP contribution >= 0.6 is 11.6 Å². The summed E-state index contributed by atoms with van der Waals surface area (Å²) >= 11 is 6.41. The number of rotatable bonds is 3. The fourth-order valence-electron chi connectivity index (χ4n) is 3.63. The zero-order valence-electron chi connectivity index (χ0n) is 13.9. The maximum Gasteiger partial charge on any atom is 0.227 e. The summed E-state index contributed by atoms with van der Waals surface area (Å²) in [7, 11) is 0. The summed E-state index contributed by atoms with van der Waals surface area (Å²) < 4.78 is 0. The lowest BCUT2D eigenvalue weighted by molar-refractivity contribution is 0.248. The maximum absolute atomic E-state index is 6.41. The summed E-state index contributed by atoms with van der Waals surface area (Å²) in [6.45, 7) is 5.00. The van der Waals surface area contributed by atoms with E-state index in [1.165, 1.54) is 29.7 Å². The van der Waals surface area contributed by atoms with Gasteiger partial charge in [-0.1, -0.05) is 41.9 Å². The molecule has 1 aliphatic heterocycles. The van der Waals surface area contributed by atoms with E-state index in [2.05, 4.69) is 45.1 Å². The van der Waals surface area contributed by atoms with Gasteiger partial charge in [0.15, 0.2) is 0 Å². The molecule has 4 nitrogen and oxygen atoms in total. The molecule has 0 spiro atoms. The maximum atomic E-state index is 6.41. The van der Waals surface area contributed by atoms with Gasteiger partial charge in [-0.2, -0.15) is 0 Å². The van der Waals surface area contributed by atoms with Crippen molar-refractivity contribution in [2.45, 2.75) is 32.2 Å². The fourth-order valence-corrected chi connectivity index (χ4v) is 3.90. The van der Waals surface area contributed by atoms with Crippen molar-refractivity contribution in [3.63, 3.8) is 0 Å². The molecule has 1 fully saturated rings. The molecular formula is C19H23ClN4. The Morgan fingerprint density at radius 2 is 1.67 bits per heavy atom.